The number of aromatic nitrogens is 3. The summed E-state index contributed by atoms with van der Waals surface area (Å²) in [7, 11) is 0. The first-order valence-corrected chi connectivity index (χ1v) is 14.7. The van der Waals surface area contributed by atoms with E-state index in [2.05, 4.69) is 129 Å². The lowest BCUT2D eigenvalue weighted by molar-refractivity contribution is 0.661. The second kappa shape index (κ2) is 9.85. The molecule has 8 rings (SSSR count). The van der Waals surface area contributed by atoms with Crippen LogP contribution in [0.5, 0.6) is 0 Å². The fourth-order valence-corrected chi connectivity index (χ4v) is 6.45. The van der Waals surface area contributed by atoms with Gasteiger partial charge in [0.2, 0.25) is 0 Å². The van der Waals surface area contributed by atoms with E-state index in [1.165, 1.54) is 33.2 Å². The molecule has 0 saturated heterocycles. The molecule has 1 heterocycles. The number of hydrogen-bond donors (Lipinski definition) is 0. The average Bonchev–Trinajstić information content (AvgIpc) is 3.29. The maximum atomic E-state index is 5.10. The summed E-state index contributed by atoms with van der Waals surface area (Å²) in [6, 6.07) is 49.0. The number of fused-ring (bicyclic) bond motifs is 4. The van der Waals surface area contributed by atoms with Gasteiger partial charge in [0.1, 0.15) is 0 Å². The van der Waals surface area contributed by atoms with Gasteiger partial charge in [0.05, 0.1) is 0 Å². The molecule has 3 nitrogen and oxygen atoms in total. The molecule has 0 atom stereocenters. The molecule has 1 aromatic heterocycles. The van der Waals surface area contributed by atoms with Gasteiger partial charge in [0.15, 0.2) is 17.5 Å². The summed E-state index contributed by atoms with van der Waals surface area (Å²) in [6.07, 6.45) is 0. The van der Waals surface area contributed by atoms with Crippen molar-refractivity contribution in [3.63, 3.8) is 0 Å². The Morgan fingerprint density at radius 3 is 1.65 bits per heavy atom. The van der Waals surface area contributed by atoms with Crippen LogP contribution in [0.2, 0.25) is 0 Å². The molecule has 204 valence electrons. The summed E-state index contributed by atoms with van der Waals surface area (Å²) in [5.41, 5.74) is 10.5. The standard InChI is InChI=1S/C40H29N3/c1-40(2)35-19-10-9-17-31(35)34-24-30-16-11-18-32(33(30)25-36(34)40)39-42-37(28-14-7-4-8-15-28)41-38(43-39)29-22-20-27(21-23-29)26-12-5-3-6-13-26/h3-25H,1-2H3. The van der Waals surface area contributed by atoms with Gasteiger partial charge in [-0.25, -0.2) is 15.0 Å². The van der Waals surface area contributed by atoms with E-state index in [0.717, 1.165) is 27.6 Å². The third-order valence-corrected chi connectivity index (χ3v) is 8.74. The van der Waals surface area contributed by atoms with Crippen LogP contribution in [0.15, 0.2) is 140 Å². The Labute approximate surface area is 251 Å². The lowest BCUT2D eigenvalue weighted by Crippen LogP contribution is -2.14. The number of hydrogen-bond acceptors (Lipinski definition) is 3. The zero-order valence-electron chi connectivity index (χ0n) is 24.1. The minimum absolute atomic E-state index is 0.0901. The van der Waals surface area contributed by atoms with Gasteiger partial charge in [-0.2, -0.15) is 0 Å². The highest BCUT2D eigenvalue weighted by Gasteiger charge is 2.35. The number of nitrogens with zero attached hydrogens (tertiary/aromatic N) is 3. The van der Waals surface area contributed by atoms with Crippen molar-refractivity contribution in [2.75, 3.05) is 0 Å². The van der Waals surface area contributed by atoms with Crippen LogP contribution < -0.4 is 0 Å². The first-order chi connectivity index (χ1) is 21.1. The molecule has 0 N–H and O–H groups in total. The van der Waals surface area contributed by atoms with E-state index in [1.807, 2.05) is 24.3 Å². The highest BCUT2D eigenvalue weighted by atomic mass is 15.0. The molecule has 3 heteroatoms. The summed E-state index contributed by atoms with van der Waals surface area (Å²) in [5, 5.41) is 2.33. The van der Waals surface area contributed by atoms with Crippen LogP contribution in [0.1, 0.15) is 25.0 Å². The van der Waals surface area contributed by atoms with Crippen LogP contribution in [0, 0.1) is 0 Å². The molecule has 0 spiro atoms. The molecular weight excluding hydrogens is 522 g/mol. The molecule has 0 radical (unpaired) electrons. The summed E-state index contributed by atoms with van der Waals surface area (Å²) in [4.78, 5) is 15.1. The van der Waals surface area contributed by atoms with Gasteiger partial charge < -0.3 is 0 Å². The first-order valence-electron chi connectivity index (χ1n) is 14.7. The molecule has 7 aromatic rings. The highest BCUT2D eigenvalue weighted by molar-refractivity contribution is 6.00. The Balaban J connectivity index is 1.31. The lowest BCUT2D eigenvalue weighted by atomic mass is 9.81. The van der Waals surface area contributed by atoms with Gasteiger partial charge in [-0.1, -0.05) is 141 Å². The number of rotatable bonds is 4. The summed E-state index contributed by atoms with van der Waals surface area (Å²) in [5.74, 6) is 2.00. The SMILES string of the molecule is CC1(C)c2ccccc2-c2cc3cccc(-c4nc(-c5ccccc5)nc(-c5ccc(-c6ccccc6)cc5)n4)c3cc21. The molecule has 0 amide bonds. The van der Waals surface area contributed by atoms with E-state index < -0.39 is 0 Å². The third kappa shape index (κ3) is 4.24. The smallest absolute Gasteiger partial charge is 0.164 e. The Kier molecular flexibility index (Phi) is 5.80. The molecule has 6 aromatic carbocycles. The topological polar surface area (TPSA) is 38.7 Å². The van der Waals surface area contributed by atoms with Crippen LogP contribution in [0.4, 0.5) is 0 Å². The maximum absolute atomic E-state index is 5.10. The van der Waals surface area contributed by atoms with Crippen molar-refractivity contribution in [3.05, 3.63) is 151 Å². The zero-order valence-corrected chi connectivity index (χ0v) is 24.1. The Morgan fingerprint density at radius 1 is 0.395 bits per heavy atom. The summed E-state index contributed by atoms with van der Waals surface area (Å²) < 4.78 is 0. The predicted octanol–water partition coefficient (Wildman–Crippen LogP) is 10.00. The van der Waals surface area contributed by atoms with Gasteiger partial charge in [-0.05, 0) is 56.3 Å². The normalized spacial score (nSPS) is 13.1. The fourth-order valence-electron chi connectivity index (χ4n) is 6.45. The fraction of sp³-hybridized carbons (Fsp3) is 0.0750. The minimum Gasteiger partial charge on any atom is -0.208 e. The van der Waals surface area contributed by atoms with Crippen LogP contribution in [0.3, 0.4) is 0 Å². The van der Waals surface area contributed by atoms with Crippen molar-refractivity contribution in [1.29, 1.82) is 0 Å². The molecule has 0 saturated carbocycles. The highest BCUT2D eigenvalue weighted by Crippen LogP contribution is 2.50. The van der Waals surface area contributed by atoms with Crippen molar-refractivity contribution in [3.8, 4) is 56.4 Å². The minimum atomic E-state index is -0.0901. The molecule has 0 unspecified atom stereocenters. The van der Waals surface area contributed by atoms with Gasteiger partial charge in [-0.3, -0.25) is 0 Å². The van der Waals surface area contributed by atoms with E-state index in [9.17, 15) is 0 Å². The zero-order chi connectivity index (χ0) is 29.0. The van der Waals surface area contributed by atoms with Crippen LogP contribution >= 0.6 is 0 Å². The van der Waals surface area contributed by atoms with Gasteiger partial charge >= 0.3 is 0 Å². The Hall–Kier alpha value is -5.41. The quantitative estimate of drug-likeness (QED) is 0.218. The van der Waals surface area contributed by atoms with Crippen molar-refractivity contribution >= 4 is 10.8 Å². The third-order valence-electron chi connectivity index (χ3n) is 8.74. The first kappa shape index (κ1) is 25.3. The molecular formula is C40H29N3. The largest absolute Gasteiger partial charge is 0.208 e. The summed E-state index contributed by atoms with van der Waals surface area (Å²) in [6.45, 7) is 4.64. The maximum Gasteiger partial charge on any atom is 0.164 e. The Bertz CT molecular complexity index is 2130. The molecule has 0 aliphatic heterocycles. The van der Waals surface area contributed by atoms with Crippen LogP contribution in [0.25, 0.3) is 67.2 Å². The van der Waals surface area contributed by atoms with Crippen molar-refractivity contribution in [2.45, 2.75) is 19.3 Å². The van der Waals surface area contributed by atoms with E-state index in [0.29, 0.717) is 17.5 Å². The van der Waals surface area contributed by atoms with Crippen LogP contribution in [-0.2, 0) is 5.41 Å². The molecule has 43 heavy (non-hydrogen) atoms. The van der Waals surface area contributed by atoms with E-state index in [1.54, 1.807) is 0 Å². The van der Waals surface area contributed by atoms with Gasteiger partial charge in [0, 0.05) is 22.1 Å². The van der Waals surface area contributed by atoms with Crippen molar-refractivity contribution < 1.29 is 0 Å². The monoisotopic (exact) mass is 551 g/mol. The summed E-state index contributed by atoms with van der Waals surface area (Å²) >= 11 is 0. The van der Waals surface area contributed by atoms with E-state index in [4.69, 9.17) is 15.0 Å². The molecule has 1 aliphatic rings. The second-order valence-corrected chi connectivity index (χ2v) is 11.7. The molecule has 1 aliphatic carbocycles. The number of benzene rings is 6. The molecule has 0 fully saturated rings. The van der Waals surface area contributed by atoms with E-state index in [-0.39, 0.29) is 5.41 Å². The Morgan fingerprint density at radius 2 is 0.930 bits per heavy atom. The molecule has 0 bridgehead atoms. The van der Waals surface area contributed by atoms with Crippen LogP contribution in [-0.4, -0.2) is 15.0 Å². The van der Waals surface area contributed by atoms with Crippen molar-refractivity contribution in [1.82, 2.24) is 15.0 Å². The van der Waals surface area contributed by atoms with Crippen molar-refractivity contribution in [2.24, 2.45) is 0 Å². The lowest BCUT2D eigenvalue weighted by Gasteiger charge is -2.22. The predicted molar refractivity (Wildman–Crippen MR) is 177 cm³/mol. The van der Waals surface area contributed by atoms with Gasteiger partial charge in [0.25, 0.3) is 0 Å². The second-order valence-electron chi connectivity index (χ2n) is 11.7. The average molecular weight is 552 g/mol. The van der Waals surface area contributed by atoms with E-state index >= 15 is 0 Å². The van der Waals surface area contributed by atoms with Gasteiger partial charge in [-0.15, -0.1) is 0 Å².